The minimum absolute atomic E-state index is 0.0341. The normalized spacial score (nSPS) is 10.5. The average molecular weight is 330 g/mol. The molecule has 0 bridgehead atoms. The second-order valence-corrected chi connectivity index (χ2v) is 3.85. The number of hydrogen-bond acceptors (Lipinski definition) is 3. The Kier molecular flexibility index (Phi) is 5.14. The molecule has 0 fully saturated rings. The van der Waals surface area contributed by atoms with E-state index in [9.17, 15) is 13.6 Å². The van der Waals surface area contributed by atoms with Crippen molar-refractivity contribution in [2.45, 2.75) is 11.9 Å². The number of benzene rings is 1. The molecule has 0 aliphatic carbocycles. The third kappa shape index (κ3) is 3.29. The number of rotatable bonds is 4. The third-order valence-corrected chi connectivity index (χ3v) is 2.95. The molecule has 0 radical (unpaired) electrons. The molecule has 0 unspecified atom stereocenters. The standard InChI is InChI=1S/C10H8BrClF2O3/c1-16-9(15)5-2-3-7(17-10(13)14)6(4-11)8(5)12/h2-3,10H,4H2,1H3. The zero-order valence-electron chi connectivity index (χ0n) is 8.68. The van der Waals surface area contributed by atoms with Gasteiger partial charge in [0, 0.05) is 10.9 Å². The molecule has 1 aromatic carbocycles. The van der Waals surface area contributed by atoms with E-state index in [0.29, 0.717) is 0 Å². The van der Waals surface area contributed by atoms with Crippen molar-refractivity contribution < 1.29 is 23.0 Å². The lowest BCUT2D eigenvalue weighted by Crippen LogP contribution is -2.08. The molecule has 0 saturated carbocycles. The fraction of sp³-hybridized carbons (Fsp3) is 0.300. The molecule has 0 aliphatic rings. The lowest BCUT2D eigenvalue weighted by Gasteiger charge is -2.12. The highest BCUT2D eigenvalue weighted by Crippen LogP contribution is 2.33. The first-order valence-electron chi connectivity index (χ1n) is 4.41. The quantitative estimate of drug-likeness (QED) is 0.625. The zero-order chi connectivity index (χ0) is 13.0. The lowest BCUT2D eigenvalue weighted by molar-refractivity contribution is -0.0503. The summed E-state index contributed by atoms with van der Waals surface area (Å²) in [6.45, 7) is -2.95. The monoisotopic (exact) mass is 328 g/mol. The Morgan fingerprint density at radius 3 is 2.65 bits per heavy atom. The summed E-state index contributed by atoms with van der Waals surface area (Å²) in [5.74, 6) is -0.713. The van der Waals surface area contributed by atoms with E-state index < -0.39 is 12.6 Å². The molecule has 1 rings (SSSR count). The number of ether oxygens (including phenoxy) is 2. The van der Waals surface area contributed by atoms with Crippen LogP contribution in [0.15, 0.2) is 12.1 Å². The molecule has 7 heteroatoms. The fourth-order valence-electron chi connectivity index (χ4n) is 1.20. The molecule has 1 aromatic rings. The van der Waals surface area contributed by atoms with Crippen LogP contribution in [0, 0.1) is 0 Å². The molecule has 0 heterocycles. The number of esters is 1. The maximum absolute atomic E-state index is 12.1. The van der Waals surface area contributed by atoms with E-state index >= 15 is 0 Å². The van der Waals surface area contributed by atoms with E-state index in [1.165, 1.54) is 19.2 Å². The molecular formula is C10H8BrClF2O3. The SMILES string of the molecule is COC(=O)c1ccc(OC(F)F)c(CBr)c1Cl. The first-order chi connectivity index (χ1) is 8.01. The van der Waals surface area contributed by atoms with Crippen molar-refractivity contribution in [1.29, 1.82) is 0 Å². The van der Waals surface area contributed by atoms with Gasteiger partial charge in [-0.2, -0.15) is 8.78 Å². The number of carbonyl (C=O) groups is 1. The molecule has 0 N–H and O–H groups in total. The first kappa shape index (κ1) is 14.2. The van der Waals surface area contributed by atoms with Gasteiger partial charge >= 0.3 is 12.6 Å². The van der Waals surface area contributed by atoms with Gasteiger partial charge in [-0.3, -0.25) is 0 Å². The Morgan fingerprint density at radius 1 is 1.53 bits per heavy atom. The number of hydrogen-bond donors (Lipinski definition) is 0. The summed E-state index contributed by atoms with van der Waals surface area (Å²) in [6, 6.07) is 2.53. The van der Waals surface area contributed by atoms with Gasteiger partial charge in [0.2, 0.25) is 0 Å². The van der Waals surface area contributed by atoms with Gasteiger partial charge in [0.05, 0.1) is 17.7 Å². The molecule has 0 atom stereocenters. The third-order valence-electron chi connectivity index (χ3n) is 1.96. The van der Waals surface area contributed by atoms with Crippen molar-refractivity contribution in [2.75, 3.05) is 7.11 Å². The number of methoxy groups -OCH3 is 1. The second-order valence-electron chi connectivity index (χ2n) is 2.91. The van der Waals surface area contributed by atoms with Gasteiger partial charge in [0.15, 0.2) is 0 Å². The van der Waals surface area contributed by atoms with Crippen molar-refractivity contribution in [3.8, 4) is 5.75 Å². The van der Waals surface area contributed by atoms with Crippen molar-refractivity contribution in [1.82, 2.24) is 0 Å². The van der Waals surface area contributed by atoms with Crippen LogP contribution >= 0.6 is 27.5 Å². The van der Waals surface area contributed by atoms with E-state index in [0.717, 1.165) is 0 Å². The average Bonchev–Trinajstić information content (AvgIpc) is 2.28. The first-order valence-corrected chi connectivity index (χ1v) is 5.91. The van der Waals surface area contributed by atoms with Crippen LogP contribution in [0.25, 0.3) is 0 Å². The zero-order valence-corrected chi connectivity index (χ0v) is 11.0. The maximum atomic E-state index is 12.1. The molecule has 0 aromatic heterocycles. The predicted octanol–water partition coefficient (Wildman–Crippen LogP) is 3.62. The van der Waals surface area contributed by atoms with E-state index in [1.54, 1.807) is 0 Å². The van der Waals surface area contributed by atoms with Gasteiger partial charge in [-0.1, -0.05) is 27.5 Å². The summed E-state index contributed by atoms with van der Waals surface area (Å²) in [6.07, 6.45) is 0. The largest absolute Gasteiger partial charge is 0.465 e. The minimum atomic E-state index is -2.95. The molecule has 0 aliphatic heterocycles. The highest BCUT2D eigenvalue weighted by Gasteiger charge is 2.19. The van der Waals surface area contributed by atoms with Crippen LogP contribution in [0.1, 0.15) is 15.9 Å². The van der Waals surface area contributed by atoms with Gasteiger partial charge in [-0.25, -0.2) is 4.79 Å². The fourth-order valence-corrected chi connectivity index (χ4v) is 2.22. The number of carbonyl (C=O) groups excluding carboxylic acids is 1. The van der Waals surface area contributed by atoms with Gasteiger partial charge in [0.1, 0.15) is 5.75 Å². The van der Waals surface area contributed by atoms with Crippen molar-refractivity contribution in [2.24, 2.45) is 0 Å². The van der Waals surface area contributed by atoms with Crippen LogP contribution < -0.4 is 4.74 Å². The summed E-state index contributed by atoms with van der Waals surface area (Å²) < 4.78 is 33.0. The summed E-state index contributed by atoms with van der Waals surface area (Å²) in [5, 5.41) is 0.213. The van der Waals surface area contributed by atoms with E-state index in [1.807, 2.05) is 0 Å². The van der Waals surface area contributed by atoms with Crippen LogP contribution in [0.5, 0.6) is 5.75 Å². The van der Waals surface area contributed by atoms with E-state index in [-0.39, 0.29) is 27.2 Å². The molecule has 17 heavy (non-hydrogen) atoms. The molecule has 0 saturated heterocycles. The Hall–Kier alpha value is -0.880. The molecule has 0 spiro atoms. The summed E-state index contributed by atoms with van der Waals surface area (Å²) in [4.78, 5) is 11.3. The van der Waals surface area contributed by atoms with Gasteiger partial charge < -0.3 is 9.47 Å². The van der Waals surface area contributed by atoms with Gasteiger partial charge in [0.25, 0.3) is 0 Å². The Bertz CT molecular complexity index is 426. The maximum Gasteiger partial charge on any atom is 0.387 e. The smallest absolute Gasteiger partial charge is 0.387 e. The van der Waals surface area contributed by atoms with Crippen LogP contribution in [0.4, 0.5) is 8.78 Å². The molecular weight excluding hydrogens is 321 g/mol. The van der Waals surface area contributed by atoms with Crippen LogP contribution in [0.2, 0.25) is 5.02 Å². The second kappa shape index (κ2) is 6.16. The predicted molar refractivity (Wildman–Crippen MR) is 62.1 cm³/mol. The summed E-state index contributed by atoms with van der Waals surface area (Å²) >= 11 is 9.01. The highest BCUT2D eigenvalue weighted by molar-refractivity contribution is 9.08. The van der Waals surface area contributed by atoms with E-state index in [4.69, 9.17) is 11.6 Å². The van der Waals surface area contributed by atoms with Crippen LogP contribution in [-0.2, 0) is 10.1 Å². The van der Waals surface area contributed by atoms with Crippen LogP contribution in [-0.4, -0.2) is 19.7 Å². The Labute approximate surface area is 110 Å². The molecule has 3 nitrogen and oxygen atoms in total. The number of alkyl halides is 3. The lowest BCUT2D eigenvalue weighted by atomic mass is 10.1. The van der Waals surface area contributed by atoms with Crippen molar-refractivity contribution in [3.63, 3.8) is 0 Å². The van der Waals surface area contributed by atoms with Crippen molar-refractivity contribution >= 4 is 33.5 Å². The van der Waals surface area contributed by atoms with Gasteiger partial charge in [-0.15, -0.1) is 0 Å². The number of halogens is 4. The topological polar surface area (TPSA) is 35.5 Å². The van der Waals surface area contributed by atoms with Crippen LogP contribution in [0.3, 0.4) is 0 Å². The Balaban J connectivity index is 3.22. The van der Waals surface area contributed by atoms with E-state index in [2.05, 4.69) is 25.4 Å². The summed E-state index contributed by atoms with van der Waals surface area (Å²) in [7, 11) is 1.20. The summed E-state index contributed by atoms with van der Waals surface area (Å²) in [5.41, 5.74) is 0.375. The minimum Gasteiger partial charge on any atom is -0.465 e. The molecule has 94 valence electrons. The van der Waals surface area contributed by atoms with Gasteiger partial charge in [-0.05, 0) is 12.1 Å². The highest BCUT2D eigenvalue weighted by atomic mass is 79.9. The Morgan fingerprint density at radius 2 is 2.18 bits per heavy atom. The molecule has 0 amide bonds. The van der Waals surface area contributed by atoms with Crippen molar-refractivity contribution in [3.05, 3.63) is 28.3 Å².